The van der Waals surface area contributed by atoms with Crippen molar-refractivity contribution in [1.82, 2.24) is 5.32 Å². The number of nitrogens with one attached hydrogen (secondary N) is 1. The molecule has 15 heavy (non-hydrogen) atoms. The average Bonchev–Trinajstić information content (AvgIpc) is 2.45. The summed E-state index contributed by atoms with van der Waals surface area (Å²) in [6.45, 7) is 5.85. The maximum atomic E-state index is 11.3. The predicted molar refractivity (Wildman–Crippen MR) is 59.5 cm³/mol. The molecule has 0 radical (unpaired) electrons. The summed E-state index contributed by atoms with van der Waals surface area (Å²) >= 11 is 3.18. The van der Waals surface area contributed by atoms with Crippen LogP contribution in [-0.4, -0.2) is 11.7 Å². The molecule has 0 aliphatic carbocycles. The lowest BCUT2D eigenvalue weighted by Gasteiger charge is -2.19. The molecule has 0 aliphatic rings. The smallest absolute Gasteiger partial charge is 0.407 e. The van der Waals surface area contributed by atoms with E-state index in [1.54, 1.807) is 12.3 Å². The van der Waals surface area contributed by atoms with Crippen molar-refractivity contribution in [1.29, 1.82) is 0 Å². The first-order valence-corrected chi connectivity index (χ1v) is 5.36. The van der Waals surface area contributed by atoms with Crippen LogP contribution >= 0.6 is 15.9 Å². The number of furan rings is 1. The summed E-state index contributed by atoms with van der Waals surface area (Å²) in [5, 5.41) is 2.63. The minimum absolute atomic E-state index is 0.393. The monoisotopic (exact) mass is 275 g/mol. The Labute approximate surface area is 97.1 Å². The number of hydrogen-bond donors (Lipinski definition) is 1. The summed E-state index contributed by atoms with van der Waals surface area (Å²) < 4.78 is 10.7. The van der Waals surface area contributed by atoms with Crippen LogP contribution < -0.4 is 5.32 Å². The summed E-state index contributed by atoms with van der Waals surface area (Å²) in [6.07, 6.45) is 1.14. The molecule has 0 saturated heterocycles. The van der Waals surface area contributed by atoms with Crippen LogP contribution in [0.25, 0.3) is 0 Å². The van der Waals surface area contributed by atoms with Crippen LogP contribution in [0.1, 0.15) is 26.3 Å². The summed E-state index contributed by atoms with van der Waals surface area (Å²) in [5.74, 6) is 0. The molecule has 84 valence electrons. The second-order valence-corrected chi connectivity index (χ2v) is 4.90. The van der Waals surface area contributed by atoms with Crippen molar-refractivity contribution in [3.8, 4) is 0 Å². The summed E-state index contributed by atoms with van der Waals surface area (Å²) in [4.78, 5) is 11.3. The quantitative estimate of drug-likeness (QED) is 0.903. The molecule has 5 heteroatoms. The van der Waals surface area contributed by atoms with Gasteiger partial charge in [0.15, 0.2) is 4.67 Å². The van der Waals surface area contributed by atoms with Crippen molar-refractivity contribution in [3.05, 3.63) is 22.6 Å². The Bertz CT molecular complexity index is 341. The lowest BCUT2D eigenvalue weighted by atomic mass is 10.2. The van der Waals surface area contributed by atoms with Gasteiger partial charge in [0.2, 0.25) is 0 Å². The maximum absolute atomic E-state index is 11.3. The van der Waals surface area contributed by atoms with E-state index in [-0.39, 0.29) is 0 Å². The molecule has 0 unspecified atom stereocenters. The van der Waals surface area contributed by atoms with Crippen LogP contribution in [0.4, 0.5) is 4.79 Å². The Balaban J connectivity index is 2.35. The molecule has 0 spiro atoms. The van der Waals surface area contributed by atoms with Gasteiger partial charge in [-0.3, -0.25) is 0 Å². The third-order valence-corrected chi connectivity index (χ3v) is 1.87. The van der Waals surface area contributed by atoms with E-state index < -0.39 is 11.7 Å². The highest BCUT2D eigenvalue weighted by atomic mass is 79.9. The molecular weight excluding hydrogens is 262 g/mol. The van der Waals surface area contributed by atoms with E-state index in [0.717, 1.165) is 5.56 Å². The largest absolute Gasteiger partial charge is 0.457 e. The highest BCUT2D eigenvalue weighted by molar-refractivity contribution is 9.10. The fourth-order valence-electron chi connectivity index (χ4n) is 0.927. The first-order chi connectivity index (χ1) is 6.87. The van der Waals surface area contributed by atoms with Crippen molar-refractivity contribution in [2.75, 3.05) is 0 Å². The highest BCUT2D eigenvalue weighted by Crippen LogP contribution is 2.14. The van der Waals surface area contributed by atoms with Crippen molar-refractivity contribution in [2.24, 2.45) is 0 Å². The molecular formula is C10H14BrNO3. The standard InChI is InChI=1S/C10H14BrNO3/c1-10(2,3)15-9(13)12-5-7-4-8(11)14-6-7/h4,6H,5H2,1-3H3,(H,12,13). The fourth-order valence-corrected chi connectivity index (χ4v) is 1.31. The van der Waals surface area contributed by atoms with Crippen LogP contribution in [0.5, 0.6) is 0 Å². The van der Waals surface area contributed by atoms with Gasteiger partial charge in [-0.05, 0) is 42.8 Å². The third kappa shape index (κ3) is 4.88. The Morgan fingerprint density at radius 2 is 2.27 bits per heavy atom. The zero-order valence-corrected chi connectivity index (χ0v) is 10.6. The molecule has 1 amide bonds. The van der Waals surface area contributed by atoms with Crippen LogP contribution in [0, 0.1) is 0 Å². The summed E-state index contributed by atoms with van der Waals surface area (Å²) in [7, 11) is 0. The van der Waals surface area contributed by atoms with Gasteiger partial charge in [-0.1, -0.05) is 0 Å². The SMILES string of the molecule is CC(C)(C)OC(=O)NCc1coc(Br)c1. The first kappa shape index (κ1) is 12.1. The van der Waals surface area contributed by atoms with E-state index in [1.807, 2.05) is 20.8 Å². The molecule has 0 atom stereocenters. The molecule has 1 aromatic heterocycles. The number of amides is 1. The number of halogens is 1. The number of hydrogen-bond acceptors (Lipinski definition) is 3. The Kier molecular flexibility index (Phi) is 3.79. The maximum Gasteiger partial charge on any atom is 0.407 e. The molecule has 4 nitrogen and oxygen atoms in total. The molecule has 1 rings (SSSR count). The van der Waals surface area contributed by atoms with Gasteiger partial charge in [0.25, 0.3) is 0 Å². The van der Waals surface area contributed by atoms with Crippen LogP contribution in [0.2, 0.25) is 0 Å². The Hall–Kier alpha value is -0.970. The predicted octanol–water partition coefficient (Wildman–Crippen LogP) is 3.07. The van der Waals surface area contributed by atoms with Gasteiger partial charge in [-0.2, -0.15) is 0 Å². The van der Waals surface area contributed by atoms with E-state index in [2.05, 4.69) is 21.2 Å². The number of carbonyl (C=O) groups is 1. The van der Waals surface area contributed by atoms with Gasteiger partial charge in [0, 0.05) is 12.1 Å². The normalized spacial score (nSPS) is 11.2. The minimum atomic E-state index is -0.471. The number of alkyl carbamates (subject to hydrolysis) is 1. The summed E-state index contributed by atoms with van der Waals surface area (Å²) in [5.41, 5.74) is 0.411. The van der Waals surface area contributed by atoms with Gasteiger partial charge in [0.1, 0.15) is 5.60 Å². The molecule has 1 heterocycles. The number of carbonyl (C=O) groups excluding carboxylic acids is 1. The lowest BCUT2D eigenvalue weighted by Crippen LogP contribution is -2.32. The topological polar surface area (TPSA) is 51.5 Å². The second-order valence-electron chi connectivity index (χ2n) is 4.11. The zero-order valence-electron chi connectivity index (χ0n) is 8.96. The zero-order chi connectivity index (χ0) is 11.5. The average molecular weight is 276 g/mol. The second kappa shape index (κ2) is 4.70. The van der Waals surface area contributed by atoms with Crippen LogP contribution in [0.3, 0.4) is 0 Å². The molecule has 1 aromatic rings. The van der Waals surface area contributed by atoms with Crippen molar-refractivity contribution >= 4 is 22.0 Å². The third-order valence-electron chi connectivity index (χ3n) is 1.46. The molecule has 0 aromatic carbocycles. The molecule has 0 aliphatic heterocycles. The van der Waals surface area contributed by atoms with E-state index in [4.69, 9.17) is 9.15 Å². The van der Waals surface area contributed by atoms with Gasteiger partial charge in [-0.25, -0.2) is 4.79 Å². The Morgan fingerprint density at radius 1 is 1.60 bits per heavy atom. The minimum Gasteiger partial charge on any atom is -0.457 e. The summed E-state index contributed by atoms with van der Waals surface area (Å²) in [6, 6.07) is 1.79. The molecule has 0 bridgehead atoms. The highest BCUT2D eigenvalue weighted by Gasteiger charge is 2.15. The molecule has 1 N–H and O–H groups in total. The fraction of sp³-hybridized carbons (Fsp3) is 0.500. The Morgan fingerprint density at radius 3 is 2.73 bits per heavy atom. The molecule has 0 saturated carbocycles. The van der Waals surface area contributed by atoms with Gasteiger partial charge >= 0.3 is 6.09 Å². The van der Waals surface area contributed by atoms with Crippen LogP contribution in [-0.2, 0) is 11.3 Å². The number of ether oxygens (including phenoxy) is 1. The molecule has 0 fully saturated rings. The van der Waals surface area contributed by atoms with Gasteiger partial charge in [-0.15, -0.1) is 0 Å². The number of rotatable bonds is 2. The first-order valence-electron chi connectivity index (χ1n) is 4.56. The van der Waals surface area contributed by atoms with Crippen molar-refractivity contribution in [3.63, 3.8) is 0 Å². The van der Waals surface area contributed by atoms with Gasteiger partial charge in [0.05, 0.1) is 6.26 Å². The van der Waals surface area contributed by atoms with E-state index in [9.17, 15) is 4.79 Å². The van der Waals surface area contributed by atoms with Crippen molar-refractivity contribution in [2.45, 2.75) is 32.9 Å². The van der Waals surface area contributed by atoms with E-state index in [0.29, 0.717) is 11.2 Å². The van der Waals surface area contributed by atoms with Crippen molar-refractivity contribution < 1.29 is 13.9 Å². The van der Waals surface area contributed by atoms with Crippen LogP contribution in [0.15, 0.2) is 21.4 Å². The van der Waals surface area contributed by atoms with Gasteiger partial charge < -0.3 is 14.5 Å². The van der Waals surface area contributed by atoms with E-state index >= 15 is 0 Å². The lowest BCUT2D eigenvalue weighted by molar-refractivity contribution is 0.0523. The van der Waals surface area contributed by atoms with E-state index in [1.165, 1.54) is 0 Å².